The van der Waals surface area contributed by atoms with Gasteiger partial charge < -0.3 is 10.6 Å². The zero-order chi connectivity index (χ0) is 15.5. The standard InChI is InChI=1S/C14H19ClN2O3S/c15-11-6-5-7-12(16)14(11)21(19,20)10-13(18)17-8-3-1-2-4-9-17/h5-7H,1-4,8-10,16H2. The van der Waals surface area contributed by atoms with Crippen molar-refractivity contribution in [2.75, 3.05) is 24.6 Å². The lowest BCUT2D eigenvalue weighted by Crippen LogP contribution is -2.36. The smallest absolute Gasteiger partial charge is 0.238 e. The number of carbonyl (C=O) groups is 1. The molecule has 1 aromatic carbocycles. The maximum absolute atomic E-state index is 12.4. The molecule has 21 heavy (non-hydrogen) atoms. The number of carbonyl (C=O) groups excluding carboxylic acids is 1. The van der Waals surface area contributed by atoms with Crippen LogP contribution in [0.2, 0.25) is 5.02 Å². The Balaban J connectivity index is 2.19. The van der Waals surface area contributed by atoms with Crippen LogP contribution in [0.3, 0.4) is 0 Å². The van der Waals surface area contributed by atoms with E-state index < -0.39 is 15.6 Å². The minimum absolute atomic E-state index is 0.0543. The molecule has 0 atom stereocenters. The predicted molar refractivity (Wildman–Crippen MR) is 83.0 cm³/mol. The second-order valence-electron chi connectivity index (χ2n) is 5.21. The van der Waals surface area contributed by atoms with E-state index in [2.05, 4.69) is 0 Å². The van der Waals surface area contributed by atoms with E-state index in [1.54, 1.807) is 11.0 Å². The van der Waals surface area contributed by atoms with E-state index in [-0.39, 0.29) is 21.5 Å². The highest BCUT2D eigenvalue weighted by Crippen LogP contribution is 2.28. The van der Waals surface area contributed by atoms with Crippen molar-refractivity contribution in [3.8, 4) is 0 Å². The quantitative estimate of drug-likeness (QED) is 0.861. The zero-order valence-electron chi connectivity index (χ0n) is 11.7. The highest BCUT2D eigenvalue weighted by molar-refractivity contribution is 7.92. The molecule has 7 heteroatoms. The first-order chi connectivity index (χ1) is 9.92. The molecule has 0 spiro atoms. The summed E-state index contributed by atoms with van der Waals surface area (Å²) in [5.74, 6) is -0.961. The third-order valence-corrected chi connectivity index (χ3v) is 5.71. The first-order valence-electron chi connectivity index (χ1n) is 6.96. The highest BCUT2D eigenvalue weighted by atomic mass is 35.5. The molecule has 1 aliphatic heterocycles. The Morgan fingerprint density at radius 2 is 1.81 bits per heavy atom. The Kier molecular flexibility index (Phi) is 5.11. The van der Waals surface area contributed by atoms with Gasteiger partial charge in [-0.15, -0.1) is 0 Å². The van der Waals surface area contributed by atoms with Gasteiger partial charge >= 0.3 is 0 Å². The van der Waals surface area contributed by atoms with Gasteiger partial charge in [-0.1, -0.05) is 30.5 Å². The summed E-state index contributed by atoms with van der Waals surface area (Å²) >= 11 is 5.93. The number of nitrogen functional groups attached to an aromatic ring is 1. The van der Waals surface area contributed by atoms with Crippen LogP contribution in [0.4, 0.5) is 5.69 Å². The predicted octanol–water partition coefficient (Wildman–Crippen LogP) is 2.10. The summed E-state index contributed by atoms with van der Waals surface area (Å²) in [7, 11) is -3.83. The Hall–Kier alpha value is -1.27. The van der Waals surface area contributed by atoms with Crippen LogP contribution < -0.4 is 5.73 Å². The van der Waals surface area contributed by atoms with Crippen molar-refractivity contribution in [1.29, 1.82) is 0 Å². The van der Waals surface area contributed by atoms with Gasteiger partial charge in [-0.3, -0.25) is 4.79 Å². The summed E-state index contributed by atoms with van der Waals surface area (Å²) in [6.07, 6.45) is 3.99. The molecule has 1 fully saturated rings. The fourth-order valence-corrected chi connectivity index (χ4v) is 4.48. The van der Waals surface area contributed by atoms with E-state index in [1.807, 2.05) is 0 Å². The van der Waals surface area contributed by atoms with Gasteiger partial charge in [-0.2, -0.15) is 0 Å². The summed E-state index contributed by atoms with van der Waals surface area (Å²) in [5, 5.41) is 0.0543. The van der Waals surface area contributed by atoms with Crippen molar-refractivity contribution in [2.45, 2.75) is 30.6 Å². The summed E-state index contributed by atoms with van der Waals surface area (Å²) in [4.78, 5) is 13.7. The Labute approximate surface area is 130 Å². The summed E-state index contributed by atoms with van der Waals surface area (Å²) in [6, 6.07) is 4.50. The molecule has 0 unspecified atom stereocenters. The van der Waals surface area contributed by atoms with Crippen molar-refractivity contribution >= 4 is 33.0 Å². The van der Waals surface area contributed by atoms with Gasteiger partial charge in [0, 0.05) is 13.1 Å². The number of anilines is 1. The molecule has 1 amide bonds. The number of sulfone groups is 1. The number of rotatable bonds is 3. The molecule has 0 saturated carbocycles. The first kappa shape index (κ1) is 16.1. The molecular weight excluding hydrogens is 312 g/mol. The van der Waals surface area contributed by atoms with Crippen LogP contribution in [0.15, 0.2) is 23.1 Å². The van der Waals surface area contributed by atoms with Crippen LogP contribution in [0.25, 0.3) is 0 Å². The van der Waals surface area contributed by atoms with Crippen LogP contribution in [-0.2, 0) is 14.6 Å². The van der Waals surface area contributed by atoms with E-state index in [4.69, 9.17) is 17.3 Å². The fourth-order valence-electron chi connectivity index (χ4n) is 2.50. The van der Waals surface area contributed by atoms with Gasteiger partial charge in [0.25, 0.3) is 0 Å². The fraction of sp³-hybridized carbons (Fsp3) is 0.500. The number of benzene rings is 1. The largest absolute Gasteiger partial charge is 0.398 e. The number of amides is 1. The highest BCUT2D eigenvalue weighted by Gasteiger charge is 2.27. The van der Waals surface area contributed by atoms with E-state index in [0.717, 1.165) is 25.7 Å². The van der Waals surface area contributed by atoms with Crippen molar-refractivity contribution in [3.05, 3.63) is 23.2 Å². The molecule has 2 N–H and O–H groups in total. The second kappa shape index (κ2) is 6.66. The Morgan fingerprint density at radius 1 is 1.19 bits per heavy atom. The maximum Gasteiger partial charge on any atom is 0.238 e. The van der Waals surface area contributed by atoms with Crippen LogP contribution in [-0.4, -0.2) is 38.1 Å². The monoisotopic (exact) mass is 330 g/mol. The molecule has 1 aliphatic rings. The number of nitrogens with zero attached hydrogens (tertiary/aromatic N) is 1. The van der Waals surface area contributed by atoms with Crippen LogP contribution in [0.5, 0.6) is 0 Å². The van der Waals surface area contributed by atoms with Crippen molar-refractivity contribution in [1.82, 2.24) is 4.90 Å². The summed E-state index contributed by atoms with van der Waals surface area (Å²) in [6.45, 7) is 1.23. The van der Waals surface area contributed by atoms with E-state index in [1.165, 1.54) is 12.1 Å². The van der Waals surface area contributed by atoms with Gasteiger partial charge in [0.05, 0.1) is 10.7 Å². The lowest BCUT2D eigenvalue weighted by atomic mass is 10.2. The Morgan fingerprint density at radius 3 is 2.38 bits per heavy atom. The summed E-state index contributed by atoms with van der Waals surface area (Å²) in [5.41, 5.74) is 5.77. The van der Waals surface area contributed by atoms with Gasteiger partial charge in [-0.25, -0.2) is 8.42 Å². The Bertz CT molecular complexity index is 603. The average Bonchev–Trinajstić information content (AvgIpc) is 2.66. The number of halogens is 1. The molecule has 0 bridgehead atoms. The topological polar surface area (TPSA) is 80.5 Å². The molecule has 0 aliphatic carbocycles. The van der Waals surface area contributed by atoms with E-state index in [0.29, 0.717) is 13.1 Å². The van der Waals surface area contributed by atoms with E-state index in [9.17, 15) is 13.2 Å². The number of hydrogen-bond acceptors (Lipinski definition) is 4. The van der Waals surface area contributed by atoms with Gasteiger partial charge in [-0.05, 0) is 25.0 Å². The van der Waals surface area contributed by atoms with Crippen molar-refractivity contribution in [3.63, 3.8) is 0 Å². The number of hydrogen-bond donors (Lipinski definition) is 1. The SMILES string of the molecule is Nc1cccc(Cl)c1S(=O)(=O)CC(=O)N1CCCCCC1. The molecule has 5 nitrogen and oxygen atoms in total. The summed E-state index contributed by atoms with van der Waals surface area (Å²) < 4.78 is 24.8. The number of nitrogens with two attached hydrogens (primary N) is 1. The minimum atomic E-state index is -3.83. The lowest BCUT2D eigenvalue weighted by Gasteiger charge is -2.20. The van der Waals surface area contributed by atoms with Crippen molar-refractivity contribution in [2.24, 2.45) is 0 Å². The van der Waals surface area contributed by atoms with Gasteiger partial charge in [0.15, 0.2) is 9.84 Å². The molecule has 1 aromatic rings. The molecule has 2 rings (SSSR count). The lowest BCUT2D eigenvalue weighted by molar-refractivity contribution is -0.128. The van der Waals surface area contributed by atoms with Crippen LogP contribution in [0.1, 0.15) is 25.7 Å². The van der Waals surface area contributed by atoms with Gasteiger partial charge in [0.1, 0.15) is 10.6 Å². The van der Waals surface area contributed by atoms with Gasteiger partial charge in [0.2, 0.25) is 5.91 Å². The average molecular weight is 331 g/mol. The maximum atomic E-state index is 12.4. The molecule has 0 aromatic heterocycles. The number of likely N-dealkylation sites (tertiary alicyclic amines) is 1. The molecule has 0 radical (unpaired) electrons. The zero-order valence-corrected chi connectivity index (χ0v) is 13.3. The second-order valence-corrected chi connectivity index (χ2v) is 7.55. The van der Waals surface area contributed by atoms with Crippen LogP contribution in [0, 0.1) is 0 Å². The van der Waals surface area contributed by atoms with Crippen molar-refractivity contribution < 1.29 is 13.2 Å². The first-order valence-corrected chi connectivity index (χ1v) is 8.99. The molecule has 1 saturated heterocycles. The minimum Gasteiger partial charge on any atom is -0.398 e. The van der Waals surface area contributed by atoms with E-state index >= 15 is 0 Å². The molecule has 116 valence electrons. The molecular formula is C14H19ClN2O3S. The third kappa shape index (κ3) is 3.89. The molecule has 1 heterocycles. The third-order valence-electron chi connectivity index (χ3n) is 3.58. The normalized spacial score (nSPS) is 16.5. The van der Waals surface area contributed by atoms with Crippen LogP contribution >= 0.6 is 11.6 Å².